The number of anilines is 1. The lowest BCUT2D eigenvalue weighted by Gasteiger charge is -2.11. The zero-order chi connectivity index (χ0) is 14.8. The van der Waals surface area contributed by atoms with Crippen LogP contribution in [0.15, 0.2) is 18.2 Å². The molecule has 1 unspecified atom stereocenters. The Bertz CT molecular complexity index is 629. The third-order valence-corrected chi connectivity index (χ3v) is 4.26. The van der Waals surface area contributed by atoms with E-state index >= 15 is 0 Å². The van der Waals surface area contributed by atoms with Gasteiger partial charge in [-0.2, -0.15) is 0 Å². The van der Waals surface area contributed by atoms with Gasteiger partial charge in [-0.05, 0) is 25.1 Å². The normalized spacial score (nSPS) is 12.8. The van der Waals surface area contributed by atoms with E-state index in [2.05, 4.69) is 17.5 Å². The van der Waals surface area contributed by atoms with E-state index in [0.717, 1.165) is 12.3 Å². The highest BCUT2D eigenvalue weighted by Gasteiger charge is 2.24. The number of carbonyl (C=O) groups is 1. The van der Waals surface area contributed by atoms with Crippen molar-refractivity contribution in [3.05, 3.63) is 29.6 Å². The van der Waals surface area contributed by atoms with Crippen molar-refractivity contribution in [2.75, 3.05) is 11.6 Å². The zero-order valence-electron chi connectivity index (χ0n) is 10.3. The molecule has 0 heterocycles. The Morgan fingerprint density at radius 1 is 1.47 bits per heavy atom. The lowest BCUT2D eigenvalue weighted by molar-refractivity contribution is -0.115. The van der Waals surface area contributed by atoms with Crippen LogP contribution in [0, 0.1) is 5.82 Å². The van der Waals surface area contributed by atoms with Crippen molar-refractivity contribution in [2.24, 2.45) is 5.73 Å². The first-order valence-electron chi connectivity index (χ1n) is 5.22. The van der Waals surface area contributed by atoms with Crippen LogP contribution in [0.3, 0.4) is 0 Å². The number of carbonyl (C=O) groups excluding carboxylic acids is 1. The van der Waals surface area contributed by atoms with Crippen molar-refractivity contribution < 1.29 is 17.6 Å². The van der Waals surface area contributed by atoms with Crippen molar-refractivity contribution in [1.82, 2.24) is 0 Å². The molecule has 0 aliphatic carbocycles. The van der Waals surface area contributed by atoms with E-state index in [4.69, 9.17) is 5.73 Å². The van der Waals surface area contributed by atoms with Crippen molar-refractivity contribution in [3.63, 3.8) is 0 Å². The summed E-state index contributed by atoms with van der Waals surface area (Å²) in [7, 11) is -3.53. The molecule has 0 spiro atoms. The Labute approximate surface area is 115 Å². The predicted molar refractivity (Wildman–Crippen MR) is 75.2 cm³/mol. The second-order valence-corrected chi connectivity index (χ2v) is 6.83. The molecular formula is C11H13FN2O3S2. The van der Waals surface area contributed by atoms with Crippen LogP contribution in [0.1, 0.15) is 12.5 Å². The van der Waals surface area contributed by atoms with Gasteiger partial charge >= 0.3 is 0 Å². The Morgan fingerprint density at radius 3 is 2.47 bits per heavy atom. The molecule has 1 rings (SSSR count). The molecule has 0 aromatic heterocycles. The van der Waals surface area contributed by atoms with Crippen molar-refractivity contribution in [2.45, 2.75) is 12.2 Å². The van der Waals surface area contributed by atoms with E-state index in [1.165, 1.54) is 19.1 Å². The molecule has 3 N–H and O–H groups in total. The highest BCUT2D eigenvalue weighted by Crippen LogP contribution is 2.16. The first-order chi connectivity index (χ1) is 8.62. The Kier molecular flexibility index (Phi) is 4.59. The summed E-state index contributed by atoms with van der Waals surface area (Å²) >= 11 is 4.69. The van der Waals surface area contributed by atoms with Crippen LogP contribution in [0.5, 0.6) is 0 Å². The van der Waals surface area contributed by atoms with Gasteiger partial charge in [-0.3, -0.25) is 4.79 Å². The minimum absolute atomic E-state index is 0.0290. The number of sulfone groups is 1. The molecule has 0 bridgehead atoms. The van der Waals surface area contributed by atoms with Gasteiger partial charge in [0.25, 0.3) is 0 Å². The predicted octanol–water partition coefficient (Wildman–Crippen LogP) is 0.832. The van der Waals surface area contributed by atoms with Crippen molar-refractivity contribution >= 4 is 38.6 Å². The van der Waals surface area contributed by atoms with Gasteiger partial charge in [-0.1, -0.05) is 12.2 Å². The first-order valence-corrected chi connectivity index (χ1v) is 7.58. The molecule has 0 aliphatic rings. The number of amides is 1. The highest BCUT2D eigenvalue weighted by atomic mass is 32.2. The summed E-state index contributed by atoms with van der Waals surface area (Å²) in [5.41, 5.74) is 5.53. The van der Waals surface area contributed by atoms with Crippen LogP contribution < -0.4 is 11.1 Å². The largest absolute Gasteiger partial charge is 0.389 e. The molecule has 0 saturated carbocycles. The van der Waals surface area contributed by atoms with Gasteiger partial charge in [0.1, 0.15) is 16.1 Å². The van der Waals surface area contributed by atoms with Crippen LogP contribution in [-0.2, 0) is 14.6 Å². The topological polar surface area (TPSA) is 89.3 Å². The summed E-state index contributed by atoms with van der Waals surface area (Å²) in [6.07, 6.45) is 0.934. The fourth-order valence-electron chi connectivity index (χ4n) is 1.20. The smallest absolute Gasteiger partial charge is 0.242 e. The molecule has 1 amide bonds. The maximum atomic E-state index is 13.7. The van der Waals surface area contributed by atoms with Gasteiger partial charge in [-0.15, -0.1) is 0 Å². The van der Waals surface area contributed by atoms with E-state index in [1.54, 1.807) is 0 Å². The van der Waals surface area contributed by atoms with E-state index in [-0.39, 0.29) is 10.7 Å². The number of halogens is 1. The molecule has 104 valence electrons. The number of hydrogen-bond acceptors (Lipinski definition) is 4. The Morgan fingerprint density at radius 2 is 2.05 bits per heavy atom. The van der Waals surface area contributed by atoms with Crippen LogP contribution >= 0.6 is 12.2 Å². The molecule has 0 aliphatic heterocycles. The zero-order valence-corrected chi connectivity index (χ0v) is 11.9. The van der Waals surface area contributed by atoms with E-state index < -0.39 is 26.8 Å². The van der Waals surface area contributed by atoms with Gasteiger partial charge in [-0.25, -0.2) is 12.8 Å². The third kappa shape index (κ3) is 3.97. The molecule has 5 nitrogen and oxygen atoms in total. The molecule has 1 aromatic rings. The molecule has 8 heteroatoms. The van der Waals surface area contributed by atoms with Gasteiger partial charge in [0.05, 0.1) is 5.69 Å². The number of rotatable bonds is 4. The van der Waals surface area contributed by atoms with Gasteiger partial charge in [0, 0.05) is 11.8 Å². The van der Waals surface area contributed by atoms with E-state index in [9.17, 15) is 17.6 Å². The standard InChI is InChI=1S/C11H13FN2O3S2/c1-6(19(2,16)17)11(15)14-9-4-3-7(10(13)18)5-8(9)12/h3-6H,1-2H3,(H2,13,18)(H,14,15). The van der Waals surface area contributed by atoms with Gasteiger partial charge in [0.15, 0.2) is 9.84 Å². The maximum Gasteiger partial charge on any atom is 0.242 e. The molecular weight excluding hydrogens is 291 g/mol. The second-order valence-electron chi connectivity index (χ2n) is 4.02. The number of nitrogens with two attached hydrogens (primary N) is 1. The number of thiocarbonyl (C=S) groups is 1. The average Bonchev–Trinajstić information content (AvgIpc) is 2.29. The summed E-state index contributed by atoms with van der Waals surface area (Å²) < 4.78 is 36.1. The van der Waals surface area contributed by atoms with E-state index in [0.29, 0.717) is 5.56 Å². The minimum Gasteiger partial charge on any atom is -0.389 e. The van der Waals surface area contributed by atoms with E-state index in [1.807, 2.05) is 0 Å². The molecule has 19 heavy (non-hydrogen) atoms. The van der Waals surface area contributed by atoms with Crippen molar-refractivity contribution in [1.29, 1.82) is 0 Å². The molecule has 0 saturated heterocycles. The van der Waals surface area contributed by atoms with Crippen LogP contribution in [-0.4, -0.2) is 30.8 Å². The number of hydrogen-bond donors (Lipinski definition) is 2. The fraction of sp³-hybridized carbons (Fsp3) is 0.273. The molecule has 1 aromatic carbocycles. The second kappa shape index (κ2) is 5.62. The first kappa shape index (κ1) is 15.5. The number of benzene rings is 1. The number of nitrogens with one attached hydrogen (secondary N) is 1. The Hall–Kier alpha value is -1.54. The van der Waals surface area contributed by atoms with Gasteiger partial charge in [0.2, 0.25) is 5.91 Å². The quantitative estimate of drug-likeness (QED) is 0.804. The summed E-state index contributed by atoms with van der Waals surface area (Å²) in [4.78, 5) is 11.7. The van der Waals surface area contributed by atoms with Gasteiger partial charge < -0.3 is 11.1 Å². The third-order valence-electron chi connectivity index (χ3n) is 2.52. The maximum absolute atomic E-state index is 13.7. The summed E-state index contributed by atoms with van der Waals surface area (Å²) in [6, 6.07) is 3.78. The van der Waals surface area contributed by atoms with Crippen molar-refractivity contribution in [3.8, 4) is 0 Å². The lowest BCUT2D eigenvalue weighted by Crippen LogP contribution is -2.32. The van der Waals surface area contributed by atoms with Crippen LogP contribution in [0.2, 0.25) is 0 Å². The van der Waals surface area contributed by atoms with Crippen LogP contribution in [0.4, 0.5) is 10.1 Å². The monoisotopic (exact) mass is 304 g/mol. The SMILES string of the molecule is CC(C(=O)Nc1ccc(C(N)=S)cc1F)S(C)(=O)=O. The minimum atomic E-state index is -3.53. The summed E-state index contributed by atoms with van der Waals surface area (Å²) in [5.74, 6) is -1.54. The van der Waals surface area contributed by atoms with Crippen LogP contribution in [0.25, 0.3) is 0 Å². The molecule has 0 radical (unpaired) electrons. The lowest BCUT2D eigenvalue weighted by atomic mass is 10.2. The Balaban J connectivity index is 2.95. The highest BCUT2D eigenvalue weighted by molar-refractivity contribution is 7.92. The summed E-state index contributed by atoms with van der Waals surface area (Å²) in [5, 5.41) is 0.944. The summed E-state index contributed by atoms with van der Waals surface area (Å²) in [6.45, 7) is 1.23. The fourth-order valence-corrected chi connectivity index (χ4v) is 1.77. The molecule has 1 atom stereocenters. The average molecular weight is 304 g/mol. The molecule has 0 fully saturated rings.